The van der Waals surface area contributed by atoms with E-state index in [0.717, 1.165) is 48.4 Å². The molecule has 0 aliphatic carbocycles. The molecule has 3 heterocycles. The van der Waals surface area contributed by atoms with Crippen molar-refractivity contribution in [1.29, 1.82) is 5.26 Å². The van der Waals surface area contributed by atoms with E-state index in [-0.39, 0.29) is 0 Å². The number of para-hydroxylation sites is 2. The zero-order chi connectivity index (χ0) is 15.1. The number of hydroxylamine groups is 1. The summed E-state index contributed by atoms with van der Waals surface area (Å²) in [5.74, 6) is 0.944. The number of nitriles is 1. The Morgan fingerprint density at radius 2 is 2.14 bits per heavy atom. The van der Waals surface area contributed by atoms with Gasteiger partial charge in [0.2, 0.25) is 0 Å². The van der Waals surface area contributed by atoms with E-state index in [1.54, 1.807) is 0 Å². The number of pyridine rings is 1. The first kappa shape index (κ1) is 13.1. The molecule has 22 heavy (non-hydrogen) atoms. The molecule has 0 radical (unpaired) electrons. The molecule has 2 aromatic heterocycles. The number of fused-ring (bicyclic) bond motifs is 3. The molecule has 1 fully saturated rings. The third kappa shape index (κ3) is 1.85. The summed E-state index contributed by atoms with van der Waals surface area (Å²) < 4.78 is 2.03. The predicted octanol–water partition coefficient (Wildman–Crippen LogP) is 3.20. The highest BCUT2D eigenvalue weighted by Gasteiger charge is 2.20. The lowest BCUT2D eigenvalue weighted by atomic mass is 10.1. The molecule has 1 aromatic carbocycles. The molecule has 0 atom stereocenters. The van der Waals surface area contributed by atoms with Gasteiger partial charge in [-0.25, -0.2) is 10.0 Å². The molecule has 0 amide bonds. The molecule has 1 aliphatic rings. The van der Waals surface area contributed by atoms with Crippen LogP contribution in [0.25, 0.3) is 16.7 Å². The molecule has 5 nitrogen and oxygen atoms in total. The number of benzene rings is 1. The maximum atomic E-state index is 9.49. The molecule has 3 aromatic rings. The minimum absolute atomic E-state index is 0.622. The highest BCUT2D eigenvalue weighted by Crippen LogP contribution is 2.29. The first-order valence-electron chi connectivity index (χ1n) is 7.51. The van der Waals surface area contributed by atoms with Gasteiger partial charge in [-0.05, 0) is 43.5 Å². The summed E-state index contributed by atoms with van der Waals surface area (Å²) in [6.07, 6.45) is 2.19. The molecule has 0 unspecified atom stereocenters. The number of anilines is 1. The maximum absolute atomic E-state index is 9.49. The van der Waals surface area contributed by atoms with E-state index in [1.165, 1.54) is 0 Å². The molecule has 110 valence electrons. The van der Waals surface area contributed by atoms with Gasteiger partial charge >= 0.3 is 0 Å². The van der Waals surface area contributed by atoms with Crippen LogP contribution in [0.15, 0.2) is 30.3 Å². The summed E-state index contributed by atoms with van der Waals surface area (Å²) in [5.41, 5.74) is 4.14. The first-order chi connectivity index (χ1) is 10.8. The highest BCUT2D eigenvalue weighted by atomic mass is 16.7. The van der Waals surface area contributed by atoms with Crippen molar-refractivity contribution in [2.75, 3.05) is 18.2 Å². The van der Waals surface area contributed by atoms with Crippen molar-refractivity contribution < 1.29 is 4.84 Å². The van der Waals surface area contributed by atoms with Gasteiger partial charge in [0.1, 0.15) is 11.9 Å². The van der Waals surface area contributed by atoms with Gasteiger partial charge in [0.05, 0.1) is 23.2 Å². The smallest absolute Gasteiger partial charge is 0.157 e. The summed E-state index contributed by atoms with van der Waals surface area (Å²) in [5, 5.41) is 11.4. The van der Waals surface area contributed by atoms with Crippen molar-refractivity contribution in [2.24, 2.45) is 0 Å². The minimum atomic E-state index is 0.622. The van der Waals surface area contributed by atoms with Crippen LogP contribution in [0, 0.1) is 18.3 Å². The second-order valence-corrected chi connectivity index (χ2v) is 5.57. The van der Waals surface area contributed by atoms with Crippen LogP contribution in [0.1, 0.15) is 24.0 Å². The monoisotopic (exact) mass is 292 g/mol. The van der Waals surface area contributed by atoms with Gasteiger partial charge < -0.3 is 0 Å². The third-order valence-electron chi connectivity index (χ3n) is 4.12. The van der Waals surface area contributed by atoms with Crippen molar-refractivity contribution in [2.45, 2.75) is 19.8 Å². The van der Waals surface area contributed by atoms with Crippen LogP contribution in [0.4, 0.5) is 5.82 Å². The molecule has 5 heteroatoms. The van der Waals surface area contributed by atoms with Gasteiger partial charge in [0.25, 0.3) is 0 Å². The molecule has 1 aliphatic heterocycles. The van der Waals surface area contributed by atoms with Crippen LogP contribution in [-0.2, 0) is 4.84 Å². The molecule has 1 saturated heterocycles. The van der Waals surface area contributed by atoms with Crippen molar-refractivity contribution in [1.82, 2.24) is 9.38 Å². The Kier molecular flexibility index (Phi) is 2.98. The van der Waals surface area contributed by atoms with Gasteiger partial charge in [-0.2, -0.15) is 5.26 Å². The number of aryl methyl sites for hydroxylation is 1. The van der Waals surface area contributed by atoms with Gasteiger partial charge in [0.15, 0.2) is 5.65 Å². The van der Waals surface area contributed by atoms with E-state index in [0.29, 0.717) is 11.2 Å². The van der Waals surface area contributed by atoms with E-state index >= 15 is 0 Å². The number of imidazole rings is 1. The minimum Gasteiger partial charge on any atom is -0.276 e. The number of hydrogen-bond donors (Lipinski definition) is 0. The summed E-state index contributed by atoms with van der Waals surface area (Å²) >= 11 is 0. The Hall–Kier alpha value is -2.58. The van der Waals surface area contributed by atoms with E-state index in [4.69, 9.17) is 4.84 Å². The Bertz CT molecular complexity index is 900. The van der Waals surface area contributed by atoms with Crippen molar-refractivity contribution in [3.8, 4) is 6.07 Å². The number of hydrogen-bond acceptors (Lipinski definition) is 4. The first-order valence-corrected chi connectivity index (χ1v) is 7.51. The fourth-order valence-electron chi connectivity index (χ4n) is 3.03. The van der Waals surface area contributed by atoms with E-state index < -0.39 is 0 Å². The quantitative estimate of drug-likeness (QED) is 0.691. The van der Waals surface area contributed by atoms with Gasteiger partial charge in [-0.15, -0.1) is 0 Å². The van der Waals surface area contributed by atoms with Crippen LogP contribution in [0.2, 0.25) is 0 Å². The average molecular weight is 292 g/mol. The number of aromatic nitrogens is 2. The third-order valence-corrected chi connectivity index (χ3v) is 4.12. The fraction of sp³-hybridized carbons (Fsp3) is 0.294. The summed E-state index contributed by atoms with van der Waals surface area (Å²) in [4.78, 5) is 10.5. The second kappa shape index (κ2) is 5.00. The van der Waals surface area contributed by atoms with Crippen molar-refractivity contribution >= 4 is 22.5 Å². The van der Waals surface area contributed by atoms with Crippen LogP contribution in [0.5, 0.6) is 0 Å². The summed E-state index contributed by atoms with van der Waals surface area (Å²) in [6.45, 7) is 3.53. The summed E-state index contributed by atoms with van der Waals surface area (Å²) in [7, 11) is 0. The van der Waals surface area contributed by atoms with Crippen molar-refractivity contribution in [3.05, 3.63) is 41.5 Å². The average Bonchev–Trinajstić information content (AvgIpc) is 2.94. The maximum Gasteiger partial charge on any atom is 0.157 e. The van der Waals surface area contributed by atoms with Crippen LogP contribution in [0.3, 0.4) is 0 Å². The Morgan fingerprint density at radius 1 is 1.27 bits per heavy atom. The SMILES string of the molecule is Cc1cc(N2CCCCO2)n2c(nc3ccccc32)c1C#N. The van der Waals surface area contributed by atoms with Crippen LogP contribution in [-0.4, -0.2) is 22.5 Å². The lowest BCUT2D eigenvalue weighted by Gasteiger charge is -2.29. The molecule has 4 rings (SSSR count). The fourth-order valence-corrected chi connectivity index (χ4v) is 3.03. The highest BCUT2D eigenvalue weighted by molar-refractivity contribution is 5.85. The topological polar surface area (TPSA) is 53.6 Å². The zero-order valence-electron chi connectivity index (χ0n) is 12.4. The molecule has 0 bridgehead atoms. The van der Waals surface area contributed by atoms with Crippen LogP contribution >= 0.6 is 0 Å². The van der Waals surface area contributed by atoms with Gasteiger partial charge in [-0.3, -0.25) is 9.24 Å². The van der Waals surface area contributed by atoms with Crippen molar-refractivity contribution in [3.63, 3.8) is 0 Å². The molecular weight excluding hydrogens is 276 g/mol. The van der Waals surface area contributed by atoms with E-state index in [2.05, 4.69) is 11.1 Å². The Morgan fingerprint density at radius 3 is 2.91 bits per heavy atom. The molecule has 0 spiro atoms. The van der Waals surface area contributed by atoms with Gasteiger partial charge in [0, 0.05) is 6.54 Å². The largest absolute Gasteiger partial charge is 0.276 e. The Balaban J connectivity index is 2.09. The standard InChI is InChI=1S/C17H16N4O/c1-12-10-16(20-8-4-5-9-22-20)21-15-7-3-2-6-14(15)19-17(21)13(12)11-18/h2-3,6-7,10H,4-5,8-9H2,1H3. The predicted molar refractivity (Wildman–Crippen MR) is 84.7 cm³/mol. The molecular formula is C17H16N4O. The number of rotatable bonds is 1. The zero-order valence-corrected chi connectivity index (χ0v) is 12.4. The normalized spacial score (nSPS) is 15.4. The van der Waals surface area contributed by atoms with E-state index in [9.17, 15) is 5.26 Å². The number of nitrogens with zero attached hydrogens (tertiary/aromatic N) is 4. The van der Waals surface area contributed by atoms with Gasteiger partial charge in [-0.1, -0.05) is 12.1 Å². The summed E-state index contributed by atoms with van der Waals surface area (Å²) in [6, 6.07) is 12.3. The molecule has 0 saturated carbocycles. The van der Waals surface area contributed by atoms with E-state index in [1.807, 2.05) is 46.7 Å². The lowest BCUT2D eigenvalue weighted by molar-refractivity contribution is 0.0758. The second-order valence-electron chi connectivity index (χ2n) is 5.57. The Labute approximate surface area is 128 Å². The molecule has 0 N–H and O–H groups in total. The van der Waals surface area contributed by atoms with Crippen LogP contribution < -0.4 is 5.06 Å². The lowest BCUT2D eigenvalue weighted by Crippen LogP contribution is -2.31.